The van der Waals surface area contributed by atoms with Gasteiger partial charge in [0.2, 0.25) is 0 Å². The fourth-order valence-corrected chi connectivity index (χ4v) is 2.48. The predicted molar refractivity (Wildman–Crippen MR) is 70.4 cm³/mol. The molecular formula is C14H10NOS. The van der Waals surface area contributed by atoms with Gasteiger partial charge in [0.1, 0.15) is 5.75 Å². The Balaban J connectivity index is 2.34. The number of hydrogen-bond acceptors (Lipinski definition) is 3. The molecule has 0 spiro atoms. The molecule has 0 fully saturated rings. The van der Waals surface area contributed by atoms with Crippen LogP contribution in [0.3, 0.4) is 0 Å². The Hall–Kier alpha value is -1.87. The van der Waals surface area contributed by atoms with Gasteiger partial charge in [-0.15, -0.1) is 11.3 Å². The highest BCUT2D eigenvalue weighted by Crippen LogP contribution is 2.33. The summed E-state index contributed by atoms with van der Waals surface area (Å²) in [5.41, 5.74) is 4.97. The molecule has 0 unspecified atom stereocenters. The van der Waals surface area contributed by atoms with Crippen molar-refractivity contribution in [2.24, 2.45) is 0 Å². The Morgan fingerprint density at radius 1 is 1.12 bits per heavy atom. The van der Waals surface area contributed by atoms with Crippen molar-refractivity contribution in [1.82, 2.24) is 4.98 Å². The molecule has 83 valence electrons. The summed E-state index contributed by atoms with van der Waals surface area (Å²) in [6.07, 6.45) is 0. The fourth-order valence-electron chi connectivity index (χ4n) is 1.98. The van der Waals surface area contributed by atoms with Crippen LogP contribution in [0.25, 0.3) is 22.0 Å². The van der Waals surface area contributed by atoms with Gasteiger partial charge in [0, 0.05) is 16.3 Å². The molecule has 3 rings (SSSR count). The zero-order valence-corrected chi connectivity index (χ0v) is 10.1. The third-order valence-corrected chi connectivity index (χ3v) is 3.31. The molecule has 2 nitrogen and oxygen atoms in total. The maximum absolute atomic E-state index is 5.37. The summed E-state index contributed by atoms with van der Waals surface area (Å²) in [5.74, 6) is 0.892. The Morgan fingerprint density at radius 2 is 1.94 bits per heavy atom. The number of aromatic nitrogens is 1. The number of ether oxygens (including phenoxy) is 1. The largest absolute Gasteiger partial charge is 0.496 e. The molecule has 0 bridgehead atoms. The molecule has 0 aliphatic heterocycles. The van der Waals surface area contributed by atoms with Crippen LogP contribution >= 0.6 is 11.3 Å². The molecule has 0 saturated carbocycles. The zero-order valence-electron chi connectivity index (χ0n) is 9.31. The minimum atomic E-state index is 0.892. The van der Waals surface area contributed by atoms with E-state index in [1.807, 2.05) is 29.6 Å². The molecule has 3 aromatic rings. The number of rotatable bonds is 2. The lowest BCUT2D eigenvalue weighted by molar-refractivity contribution is 0.420. The van der Waals surface area contributed by atoms with Crippen LogP contribution in [0.1, 0.15) is 0 Å². The van der Waals surface area contributed by atoms with Gasteiger partial charge in [-0.25, -0.2) is 4.98 Å². The first kappa shape index (κ1) is 10.3. The van der Waals surface area contributed by atoms with Crippen molar-refractivity contribution in [3.05, 3.63) is 47.3 Å². The quantitative estimate of drug-likeness (QED) is 0.680. The summed E-state index contributed by atoms with van der Waals surface area (Å²) in [6, 6.07) is 12.2. The molecule has 0 saturated heterocycles. The van der Waals surface area contributed by atoms with Gasteiger partial charge in [-0.1, -0.05) is 24.3 Å². The van der Waals surface area contributed by atoms with E-state index in [4.69, 9.17) is 4.74 Å². The monoisotopic (exact) mass is 240 g/mol. The van der Waals surface area contributed by atoms with Gasteiger partial charge in [0.25, 0.3) is 0 Å². The molecule has 0 aliphatic carbocycles. The summed E-state index contributed by atoms with van der Waals surface area (Å²) in [7, 11) is 1.69. The highest BCUT2D eigenvalue weighted by atomic mass is 32.1. The number of benzene rings is 2. The lowest BCUT2D eigenvalue weighted by atomic mass is 10.0. The van der Waals surface area contributed by atoms with E-state index in [9.17, 15) is 0 Å². The number of hydrogen-bond donors (Lipinski definition) is 0. The van der Waals surface area contributed by atoms with E-state index in [-0.39, 0.29) is 0 Å². The zero-order chi connectivity index (χ0) is 11.7. The summed E-state index contributed by atoms with van der Waals surface area (Å²) < 4.78 is 5.37. The number of fused-ring (bicyclic) bond motifs is 1. The fraction of sp³-hybridized carbons (Fsp3) is 0.0714. The van der Waals surface area contributed by atoms with E-state index in [2.05, 4.69) is 22.6 Å². The molecule has 0 atom stereocenters. The maximum Gasteiger partial charge on any atom is 0.152 e. The normalized spacial score (nSPS) is 10.6. The second kappa shape index (κ2) is 4.18. The van der Waals surface area contributed by atoms with Crippen molar-refractivity contribution in [2.45, 2.75) is 0 Å². The third kappa shape index (κ3) is 1.68. The molecule has 1 heterocycles. The maximum atomic E-state index is 5.37. The van der Waals surface area contributed by atoms with Gasteiger partial charge in [-0.05, 0) is 17.5 Å². The molecule has 0 amide bonds. The van der Waals surface area contributed by atoms with Crippen molar-refractivity contribution in [3.8, 4) is 17.0 Å². The number of thiazole rings is 1. The van der Waals surface area contributed by atoms with E-state index in [1.165, 1.54) is 11.3 Å². The minimum absolute atomic E-state index is 0.892. The van der Waals surface area contributed by atoms with E-state index >= 15 is 0 Å². The van der Waals surface area contributed by atoms with Crippen molar-refractivity contribution in [3.63, 3.8) is 0 Å². The third-order valence-electron chi connectivity index (χ3n) is 2.77. The summed E-state index contributed by atoms with van der Waals surface area (Å²) in [4.78, 5) is 4.24. The van der Waals surface area contributed by atoms with Crippen LogP contribution in [0.5, 0.6) is 5.75 Å². The average molecular weight is 240 g/mol. The van der Waals surface area contributed by atoms with Crippen LogP contribution in [-0.4, -0.2) is 12.1 Å². The molecule has 1 aromatic heterocycles. The van der Waals surface area contributed by atoms with Gasteiger partial charge in [-0.2, -0.15) is 0 Å². The molecular weight excluding hydrogens is 230 g/mol. The van der Waals surface area contributed by atoms with Gasteiger partial charge >= 0.3 is 0 Å². The van der Waals surface area contributed by atoms with Crippen LogP contribution < -0.4 is 4.74 Å². The molecule has 3 heteroatoms. The summed E-state index contributed by atoms with van der Waals surface area (Å²) in [5, 5.41) is 4.28. The number of nitrogens with zero attached hydrogens (tertiary/aromatic N) is 1. The van der Waals surface area contributed by atoms with E-state index < -0.39 is 0 Å². The van der Waals surface area contributed by atoms with Crippen molar-refractivity contribution >= 4 is 22.1 Å². The van der Waals surface area contributed by atoms with Gasteiger partial charge in [0.15, 0.2) is 5.51 Å². The van der Waals surface area contributed by atoms with Crippen molar-refractivity contribution in [2.75, 3.05) is 7.11 Å². The Bertz CT molecular complexity index is 646. The molecule has 17 heavy (non-hydrogen) atoms. The lowest BCUT2D eigenvalue weighted by Gasteiger charge is -2.08. The lowest BCUT2D eigenvalue weighted by Crippen LogP contribution is -1.87. The van der Waals surface area contributed by atoms with Crippen LogP contribution in [-0.2, 0) is 0 Å². The molecule has 0 aliphatic rings. The standard InChI is InChI=1S/C14H10NOS/c1-16-14-7-6-11(13-8-17-9-15-13)10-4-2-3-5-12(10)14/h2-8H,1H3. The van der Waals surface area contributed by atoms with Gasteiger partial charge < -0.3 is 4.74 Å². The van der Waals surface area contributed by atoms with Crippen molar-refractivity contribution < 1.29 is 4.74 Å². The second-order valence-corrected chi connectivity index (χ2v) is 4.34. The van der Waals surface area contributed by atoms with E-state index in [0.29, 0.717) is 0 Å². The SMILES string of the molecule is COc1ccc(-c2cs[c]n2)c2ccccc12. The topological polar surface area (TPSA) is 22.1 Å². The molecule has 2 aromatic carbocycles. The molecule has 0 N–H and O–H groups in total. The predicted octanol–water partition coefficient (Wildman–Crippen LogP) is 3.77. The number of methoxy groups -OCH3 is 1. The van der Waals surface area contributed by atoms with E-state index in [1.54, 1.807) is 7.11 Å². The Morgan fingerprint density at radius 3 is 2.65 bits per heavy atom. The highest BCUT2D eigenvalue weighted by molar-refractivity contribution is 7.07. The second-order valence-electron chi connectivity index (χ2n) is 3.69. The highest BCUT2D eigenvalue weighted by Gasteiger charge is 2.08. The first-order valence-corrected chi connectivity index (χ1v) is 6.16. The first-order valence-electron chi connectivity index (χ1n) is 5.28. The van der Waals surface area contributed by atoms with Crippen LogP contribution in [0.4, 0.5) is 0 Å². The van der Waals surface area contributed by atoms with Crippen LogP contribution in [0, 0.1) is 5.51 Å². The van der Waals surface area contributed by atoms with Crippen molar-refractivity contribution in [1.29, 1.82) is 0 Å². The van der Waals surface area contributed by atoms with Gasteiger partial charge in [0.05, 0.1) is 12.8 Å². The van der Waals surface area contributed by atoms with Gasteiger partial charge in [-0.3, -0.25) is 0 Å². The summed E-state index contributed by atoms with van der Waals surface area (Å²) >= 11 is 1.49. The Labute approximate surface area is 104 Å². The smallest absolute Gasteiger partial charge is 0.152 e. The van der Waals surface area contributed by atoms with E-state index in [0.717, 1.165) is 27.8 Å². The first-order chi connectivity index (χ1) is 8.40. The minimum Gasteiger partial charge on any atom is -0.496 e. The Kier molecular flexibility index (Phi) is 2.53. The van der Waals surface area contributed by atoms with Crippen LogP contribution in [0.2, 0.25) is 0 Å². The average Bonchev–Trinajstić information content (AvgIpc) is 2.91. The van der Waals surface area contributed by atoms with Crippen LogP contribution in [0.15, 0.2) is 41.8 Å². The summed E-state index contributed by atoms with van der Waals surface area (Å²) in [6.45, 7) is 0. The molecule has 1 radical (unpaired) electrons.